The largest absolute Gasteiger partial charge is 0.487 e. The van der Waals surface area contributed by atoms with Crippen LogP contribution < -0.4 is 4.74 Å². The molecule has 9 heteroatoms. The van der Waals surface area contributed by atoms with Crippen molar-refractivity contribution in [1.29, 1.82) is 0 Å². The number of ether oxygens (including phenoxy) is 2. The smallest absolute Gasteiger partial charge is 0.471 e. The monoisotopic (exact) mass is 427 g/mol. The fraction of sp³-hybridized carbons (Fsp3) is 0.571. The molecule has 2 aliphatic heterocycles. The van der Waals surface area contributed by atoms with Crippen molar-refractivity contribution in [2.75, 3.05) is 19.7 Å². The Labute approximate surface area is 172 Å². The SMILES string of the molecule is CCOC(=O)CC(C)C(=O)c1ccc2c(c1)CC1(CCN(C(=O)C(F)(F)F)CC1)O2. The molecule has 1 atom stereocenters. The molecule has 0 aromatic heterocycles. The molecule has 0 bridgehead atoms. The molecule has 30 heavy (non-hydrogen) atoms. The number of benzene rings is 1. The second-order valence-electron chi connectivity index (χ2n) is 7.85. The number of ketones is 1. The van der Waals surface area contributed by atoms with E-state index >= 15 is 0 Å². The number of rotatable bonds is 5. The van der Waals surface area contributed by atoms with Crippen LogP contribution in [-0.2, 0) is 20.7 Å². The van der Waals surface area contributed by atoms with Crippen molar-refractivity contribution >= 4 is 17.7 Å². The highest BCUT2D eigenvalue weighted by Crippen LogP contribution is 2.42. The number of nitrogens with zero attached hydrogens (tertiary/aromatic N) is 1. The van der Waals surface area contributed by atoms with E-state index in [-0.39, 0.29) is 44.7 Å². The standard InChI is InChI=1S/C21H24F3NO5/c1-3-29-17(26)10-13(2)18(27)14-4-5-16-15(11-14)12-20(30-16)6-8-25(9-7-20)19(28)21(22,23)24/h4-5,11,13H,3,6-10,12H2,1-2H3. The Hall–Kier alpha value is -2.58. The van der Waals surface area contributed by atoms with E-state index in [9.17, 15) is 27.6 Å². The number of amides is 1. The number of hydrogen-bond donors (Lipinski definition) is 0. The predicted octanol–water partition coefficient (Wildman–Crippen LogP) is 3.32. The highest BCUT2D eigenvalue weighted by molar-refractivity contribution is 5.99. The zero-order chi connectivity index (χ0) is 22.1. The Bertz CT molecular complexity index is 844. The number of fused-ring (bicyclic) bond motifs is 1. The minimum Gasteiger partial charge on any atom is -0.487 e. The second kappa shape index (κ2) is 8.28. The van der Waals surface area contributed by atoms with Crippen LogP contribution in [0.5, 0.6) is 5.75 Å². The Kier molecular flexibility index (Phi) is 6.10. The molecule has 1 amide bonds. The normalized spacial score (nSPS) is 18.5. The number of halogens is 3. The van der Waals surface area contributed by atoms with Crippen LogP contribution in [0, 0.1) is 5.92 Å². The molecule has 1 aromatic rings. The summed E-state index contributed by atoms with van der Waals surface area (Å²) in [6, 6.07) is 5.03. The number of Topliss-reactive ketones (excluding diaryl/α,β-unsaturated/α-hetero) is 1. The molecule has 3 rings (SSSR count). The van der Waals surface area contributed by atoms with Crippen molar-refractivity contribution in [2.24, 2.45) is 5.92 Å². The Morgan fingerprint density at radius 1 is 1.23 bits per heavy atom. The van der Waals surface area contributed by atoms with Gasteiger partial charge in [-0.05, 0) is 30.7 Å². The molecule has 2 aliphatic rings. The molecule has 1 fully saturated rings. The first-order valence-corrected chi connectivity index (χ1v) is 9.92. The van der Waals surface area contributed by atoms with Gasteiger partial charge in [0.15, 0.2) is 5.78 Å². The van der Waals surface area contributed by atoms with Crippen molar-refractivity contribution in [3.63, 3.8) is 0 Å². The molecule has 1 saturated heterocycles. The van der Waals surface area contributed by atoms with Gasteiger partial charge in [0.05, 0.1) is 13.0 Å². The minimum atomic E-state index is -4.88. The third-order valence-electron chi connectivity index (χ3n) is 5.61. The van der Waals surface area contributed by atoms with E-state index in [1.54, 1.807) is 32.0 Å². The lowest BCUT2D eigenvalue weighted by molar-refractivity contribution is -0.188. The maximum absolute atomic E-state index is 12.7. The van der Waals surface area contributed by atoms with Gasteiger partial charge in [-0.15, -0.1) is 0 Å². The summed E-state index contributed by atoms with van der Waals surface area (Å²) >= 11 is 0. The van der Waals surface area contributed by atoms with Crippen molar-refractivity contribution < 1.29 is 37.0 Å². The Morgan fingerprint density at radius 3 is 2.50 bits per heavy atom. The van der Waals surface area contributed by atoms with Gasteiger partial charge < -0.3 is 14.4 Å². The van der Waals surface area contributed by atoms with Gasteiger partial charge in [-0.2, -0.15) is 13.2 Å². The quantitative estimate of drug-likeness (QED) is 0.533. The summed E-state index contributed by atoms with van der Waals surface area (Å²) in [6.45, 7) is 3.55. The first kappa shape index (κ1) is 22.1. The van der Waals surface area contributed by atoms with Gasteiger partial charge >= 0.3 is 18.1 Å². The predicted molar refractivity (Wildman–Crippen MR) is 100 cm³/mol. The molecular weight excluding hydrogens is 403 g/mol. The summed E-state index contributed by atoms with van der Waals surface area (Å²) in [6.07, 6.45) is -3.85. The molecule has 2 heterocycles. The number of hydrogen-bond acceptors (Lipinski definition) is 5. The molecule has 0 saturated carbocycles. The van der Waals surface area contributed by atoms with E-state index in [1.807, 2.05) is 0 Å². The lowest BCUT2D eigenvalue weighted by Gasteiger charge is -2.38. The Morgan fingerprint density at radius 2 is 1.90 bits per heavy atom. The first-order valence-electron chi connectivity index (χ1n) is 9.92. The zero-order valence-electron chi connectivity index (χ0n) is 16.9. The number of esters is 1. The van der Waals surface area contributed by atoms with E-state index in [2.05, 4.69) is 0 Å². The summed E-state index contributed by atoms with van der Waals surface area (Å²) in [5.74, 6) is -2.37. The average Bonchev–Trinajstić information content (AvgIpc) is 3.03. The third-order valence-corrected chi connectivity index (χ3v) is 5.61. The van der Waals surface area contributed by atoms with Crippen LogP contribution in [0.25, 0.3) is 0 Å². The zero-order valence-corrected chi connectivity index (χ0v) is 16.9. The van der Waals surface area contributed by atoms with Crippen LogP contribution in [0.2, 0.25) is 0 Å². The molecular formula is C21H24F3NO5. The number of carbonyl (C=O) groups is 3. The lowest BCUT2D eigenvalue weighted by atomic mass is 9.86. The van der Waals surface area contributed by atoms with Crippen LogP contribution in [-0.4, -0.2) is 54.0 Å². The highest BCUT2D eigenvalue weighted by Gasteiger charge is 2.48. The van der Waals surface area contributed by atoms with Crippen LogP contribution in [0.1, 0.15) is 49.0 Å². The topological polar surface area (TPSA) is 72.9 Å². The van der Waals surface area contributed by atoms with Crippen molar-refractivity contribution in [3.05, 3.63) is 29.3 Å². The molecule has 0 N–H and O–H groups in total. The Balaban J connectivity index is 1.65. The van der Waals surface area contributed by atoms with Crippen LogP contribution in [0.15, 0.2) is 18.2 Å². The molecule has 1 spiro atoms. The number of carbonyl (C=O) groups excluding carboxylic acids is 3. The lowest BCUT2D eigenvalue weighted by Crippen LogP contribution is -2.52. The van der Waals surface area contributed by atoms with Gasteiger partial charge in [0.2, 0.25) is 0 Å². The van der Waals surface area contributed by atoms with Gasteiger partial charge in [-0.3, -0.25) is 14.4 Å². The molecule has 164 valence electrons. The molecule has 1 aromatic carbocycles. The molecule has 0 aliphatic carbocycles. The summed E-state index contributed by atoms with van der Waals surface area (Å²) < 4.78 is 48.8. The van der Waals surface area contributed by atoms with Crippen molar-refractivity contribution in [2.45, 2.75) is 51.3 Å². The maximum Gasteiger partial charge on any atom is 0.471 e. The molecule has 1 unspecified atom stereocenters. The summed E-state index contributed by atoms with van der Waals surface area (Å²) in [5, 5.41) is 0. The minimum absolute atomic E-state index is 0.00668. The first-order chi connectivity index (χ1) is 14.0. The van der Waals surface area contributed by atoms with E-state index in [0.717, 1.165) is 10.5 Å². The number of alkyl halides is 3. The van der Waals surface area contributed by atoms with Gasteiger partial charge in [0.25, 0.3) is 0 Å². The maximum atomic E-state index is 12.7. The third kappa shape index (κ3) is 4.60. The van der Waals surface area contributed by atoms with Crippen LogP contribution in [0.3, 0.4) is 0 Å². The summed E-state index contributed by atoms with van der Waals surface area (Å²) in [4.78, 5) is 36.5. The van der Waals surface area contributed by atoms with Crippen LogP contribution >= 0.6 is 0 Å². The number of likely N-dealkylation sites (tertiary alicyclic amines) is 1. The van der Waals surface area contributed by atoms with Crippen LogP contribution in [0.4, 0.5) is 13.2 Å². The molecule has 0 radical (unpaired) electrons. The van der Waals surface area contributed by atoms with Gasteiger partial charge in [0.1, 0.15) is 11.4 Å². The summed E-state index contributed by atoms with van der Waals surface area (Å²) in [7, 11) is 0. The second-order valence-corrected chi connectivity index (χ2v) is 7.85. The van der Waals surface area contributed by atoms with Gasteiger partial charge in [0, 0.05) is 43.8 Å². The van der Waals surface area contributed by atoms with Gasteiger partial charge in [-0.1, -0.05) is 6.92 Å². The van der Waals surface area contributed by atoms with Gasteiger partial charge in [-0.25, -0.2) is 0 Å². The van der Waals surface area contributed by atoms with Crippen molar-refractivity contribution in [1.82, 2.24) is 4.90 Å². The fourth-order valence-electron chi connectivity index (χ4n) is 4.01. The van der Waals surface area contributed by atoms with Crippen molar-refractivity contribution in [3.8, 4) is 5.75 Å². The molecule has 6 nitrogen and oxygen atoms in total. The van der Waals surface area contributed by atoms with E-state index < -0.39 is 29.6 Å². The van der Waals surface area contributed by atoms with E-state index in [1.165, 1.54) is 0 Å². The highest BCUT2D eigenvalue weighted by atomic mass is 19.4. The van der Waals surface area contributed by atoms with E-state index in [4.69, 9.17) is 9.47 Å². The van der Waals surface area contributed by atoms with E-state index in [0.29, 0.717) is 17.7 Å². The average molecular weight is 427 g/mol. The fourth-order valence-corrected chi connectivity index (χ4v) is 4.01. The number of piperidine rings is 1. The summed E-state index contributed by atoms with van der Waals surface area (Å²) in [5.41, 5.74) is 0.596.